The van der Waals surface area contributed by atoms with Crippen molar-refractivity contribution in [3.8, 4) is 17.1 Å². The smallest absolute Gasteiger partial charge is 0.322 e. The Morgan fingerprint density at radius 2 is 1.81 bits per heavy atom. The van der Waals surface area contributed by atoms with E-state index < -0.39 is 35.3 Å². The normalized spacial score (nSPS) is 13.8. The van der Waals surface area contributed by atoms with Crippen LogP contribution in [0, 0.1) is 0 Å². The first-order valence-electron chi connectivity index (χ1n) is 10.3. The number of anilines is 1. The van der Waals surface area contributed by atoms with Gasteiger partial charge in [-0.2, -0.15) is 0 Å². The van der Waals surface area contributed by atoms with Crippen LogP contribution in [-0.4, -0.2) is 56.3 Å². The van der Waals surface area contributed by atoms with Crippen LogP contribution in [0.3, 0.4) is 0 Å². The molecule has 3 aromatic rings. The molecule has 0 spiro atoms. The van der Waals surface area contributed by atoms with Crippen LogP contribution in [0.2, 0.25) is 0 Å². The van der Waals surface area contributed by atoms with Crippen molar-refractivity contribution < 1.29 is 19.8 Å². The number of nitrogens with one attached hydrogen (secondary N) is 1. The molecule has 0 bridgehead atoms. The van der Waals surface area contributed by atoms with E-state index >= 15 is 0 Å². The average Bonchev–Trinajstić information content (AvgIpc) is 2.82. The van der Waals surface area contributed by atoms with Crippen molar-refractivity contribution in [1.82, 2.24) is 19.9 Å². The lowest BCUT2D eigenvalue weighted by Gasteiger charge is -2.28. The van der Waals surface area contributed by atoms with Crippen molar-refractivity contribution in [3.05, 3.63) is 46.4 Å². The van der Waals surface area contributed by atoms with Gasteiger partial charge in [0.15, 0.2) is 5.82 Å². The van der Waals surface area contributed by atoms with Gasteiger partial charge in [-0.1, -0.05) is 0 Å². The average molecular weight is 437 g/mol. The first-order chi connectivity index (χ1) is 15.4. The number of aryl methyl sites for hydroxylation is 1. The molecule has 0 aliphatic carbocycles. The predicted octanol–water partition coefficient (Wildman–Crippen LogP) is 1.51. The second-order valence-electron chi connectivity index (χ2n) is 7.69. The van der Waals surface area contributed by atoms with Gasteiger partial charge >= 0.3 is 5.97 Å². The number of carboxylic acids is 1. The Bertz CT molecular complexity index is 1250. The summed E-state index contributed by atoms with van der Waals surface area (Å²) in [7, 11) is 1.42. The number of aliphatic carboxylic acids is 1. The summed E-state index contributed by atoms with van der Waals surface area (Å²) in [6.07, 6.45) is 4.97. The minimum absolute atomic E-state index is 0.112. The number of aromatic hydroxyl groups is 1. The maximum Gasteiger partial charge on any atom is 0.322 e. The maximum atomic E-state index is 12.7. The van der Waals surface area contributed by atoms with E-state index in [4.69, 9.17) is 5.11 Å². The van der Waals surface area contributed by atoms with E-state index in [-0.39, 0.29) is 11.0 Å². The van der Waals surface area contributed by atoms with Gasteiger partial charge in [-0.05, 0) is 43.5 Å². The predicted molar refractivity (Wildman–Crippen MR) is 118 cm³/mol. The van der Waals surface area contributed by atoms with Crippen LogP contribution < -0.4 is 15.8 Å². The van der Waals surface area contributed by atoms with Crippen molar-refractivity contribution in [2.45, 2.75) is 19.3 Å². The van der Waals surface area contributed by atoms with Crippen molar-refractivity contribution >= 4 is 28.6 Å². The highest BCUT2D eigenvalue weighted by Gasteiger charge is 2.23. The zero-order valence-electron chi connectivity index (χ0n) is 17.5. The largest absolute Gasteiger partial charge is 0.506 e. The molecule has 10 heteroatoms. The van der Waals surface area contributed by atoms with Crippen LogP contribution in [0.25, 0.3) is 22.4 Å². The molecule has 0 radical (unpaired) electrons. The van der Waals surface area contributed by atoms with Crippen molar-refractivity contribution in [1.29, 1.82) is 0 Å². The standard InChI is InChI=1S/C22H23N5O5/c1-26-20-15(18(30)17(22(26)32)21(31)24-12-16(28)29)11-23-19(25-20)13-5-7-14(8-6-13)27-9-3-2-4-10-27/h5-8,11,30H,2-4,9-10,12H2,1H3,(H,24,31)(H,28,29). The Kier molecular flexibility index (Phi) is 5.76. The molecule has 1 aliphatic heterocycles. The van der Waals surface area contributed by atoms with Gasteiger partial charge in [-0.15, -0.1) is 0 Å². The molecule has 4 rings (SSSR count). The molecule has 1 fully saturated rings. The number of carbonyl (C=O) groups is 2. The number of pyridine rings is 1. The first-order valence-corrected chi connectivity index (χ1v) is 10.3. The highest BCUT2D eigenvalue weighted by Crippen LogP contribution is 2.28. The number of amides is 1. The summed E-state index contributed by atoms with van der Waals surface area (Å²) in [4.78, 5) is 46.7. The molecule has 32 heavy (non-hydrogen) atoms. The third-order valence-corrected chi connectivity index (χ3v) is 5.57. The molecular weight excluding hydrogens is 414 g/mol. The molecule has 1 aliphatic rings. The van der Waals surface area contributed by atoms with E-state index in [1.54, 1.807) is 0 Å². The summed E-state index contributed by atoms with van der Waals surface area (Å²) in [6, 6.07) is 7.86. The van der Waals surface area contributed by atoms with E-state index in [2.05, 4.69) is 20.2 Å². The molecule has 10 nitrogen and oxygen atoms in total. The second-order valence-corrected chi connectivity index (χ2v) is 7.69. The molecule has 3 heterocycles. The number of benzene rings is 1. The Balaban J connectivity index is 1.69. The third-order valence-electron chi connectivity index (χ3n) is 5.57. The van der Waals surface area contributed by atoms with E-state index in [9.17, 15) is 19.5 Å². The highest BCUT2D eigenvalue weighted by atomic mass is 16.4. The molecule has 166 valence electrons. The number of piperidine rings is 1. The topological polar surface area (TPSA) is 138 Å². The number of carbonyl (C=O) groups excluding carboxylic acids is 1. The van der Waals surface area contributed by atoms with Gasteiger partial charge in [-0.3, -0.25) is 19.0 Å². The van der Waals surface area contributed by atoms with E-state index in [1.807, 2.05) is 24.3 Å². The molecule has 0 unspecified atom stereocenters. The van der Waals surface area contributed by atoms with Crippen LogP contribution in [0.1, 0.15) is 29.6 Å². The van der Waals surface area contributed by atoms with Crippen LogP contribution in [0.15, 0.2) is 35.3 Å². The summed E-state index contributed by atoms with van der Waals surface area (Å²) >= 11 is 0. The zero-order valence-corrected chi connectivity index (χ0v) is 17.5. The van der Waals surface area contributed by atoms with E-state index in [1.165, 1.54) is 32.5 Å². The molecule has 1 aromatic carbocycles. The molecule has 0 atom stereocenters. The quantitative estimate of drug-likeness (QED) is 0.546. The minimum Gasteiger partial charge on any atom is -0.506 e. The monoisotopic (exact) mass is 437 g/mol. The lowest BCUT2D eigenvalue weighted by atomic mass is 10.1. The van der Waals surface area contributed by atoms with Crippen molar-refractivity contribution in [2.75, 3.05) is 24.5 Å². The van der Waals surface area contributed by atoms with Gasteiger partial charge < -0.3 is 20.4 Å². The van der Waals surface area contributed by atoms with Crippen molar-refractivity contribution in [3.63, 3.8) is 0 Å². The molecule has 1 amide bonds. The number of fused-ring (bicyclic) bond motifs is 1. The third kappa shape index (κ3) is 3.98. The molecular formula is C22H23N5O5. The summed E-state index contributed by atoms with van der Waals surface area (Å²) in [5, 5.41) is 21.4. The SMILES string of the molecule is Cn1c(=O)c(C(=O)NCC(=O)O)c(O)c2cnc(-c3ccc(N4CCCCC4)cc3)nc21. The van der Waals surface area contributed by atoms with E-state index in [0.717, 1.165) is 28.9 Å². The van der Waals surface area contributed by atoms with Gasteiger partial charge in [0.05, 0.1) is 5.39 Å². The van der Waals surface area contributed by atoms with Crippen LogP contribution in [0.5, 0.6) is 5.75 Å². The van der Waals surface area contributed by atoms with E-state index in [0.29, 0.717) is 5.82 Å². The van der Waals surface area contributed by atoms with Crippen LogP contribution >= 0.6 is 0 Å². The summed E-state index contributed by atoms with van der Waals surface area (Å²) in [5.41, 5.74) is 0.707. The number of hydrogen-bond acceptors (Lipinski definition) is 7. The molecule has 1 saturated heterocycles. The number of rotatable bonds is 5. The lowest BCUT2D eigenvalue weighted by Crippen LogP contribution is -2.35. The summed E-state index contributed by atoms with van der Waals surface area (Å²) in [6.45, 7) is 1.40. The number of carboxylic acid groups (broad SMARTS) is 1. The van der Waals surface area contributed by atoms with Gasteiger partial charge in [0.1, 0.15) is 23.5 Å². The molecule has 0 saturated carbocycles. The van der Waals surface area contributed by atoms with Crippen LogP contribution in [0.4, 0.5) is 5.69 Å². The van der Waals surface area contributed by atoms with Gasteiger partial charge in [0.2, 0.25) is 0 Å². The minimum atomic E-state index is -1.27. The fourth-order valence-electron chi connectivity index (χ4n) is 3.86. The Morgan fingerprint density at radius 1 is 1.12 bits per heavy atom. The fourth-order valence-corrected chi connectivity index (χ4v) is 3.86. The van der Waals surface area contributed by atoms with Gasteiger partial charge in [0.25, 0.3) is 11.5 Å². The maximum absolute atomic E-state index is 12.7. The molecule has 3 N–H and O–H groups in total. The number of nitrogens with zero attached hydrogens (tertiary/aromatic N) is 4. The van der Waals surface area contributed by atoms with Gasteiger partial charge in [0, 0.05) is 37.6 Å². The Hall–Kier alpha value is -3.95. The summed E-state index contributed by atoms with van der Waals surface area (Å²) in [5.74, 6) is -2.46. The summed E-state index contributed by atoms with van der Waals surface area (Å²) < 4.78 is 1.14. The first kappa shape index (κ1) is 21.3. The Labute approximate surface area is 183 Å². The lowest BCUT2D eigenvalue weighted by molar-refractivity contribution is -0.135. The zero-order chi connectivity index (χ0) is 22.8. The Morgan fingerprint density at radius 3 is 2.47 bits per heavy atom. The fraction of sp³-hybridized carbons (Fsp3) is 0.318. The number of aromatic nitrogens is 3. The highest BCUT2D eigenvalue weighted by molar-refractivity contribution is 6.02. The number of hydrogen-bond donors (Lipinski definition) is 3. The molecule has 2 aromatic heterocycles. The van der Waals surface area contributed by atoms with Crippen molar-refractivity contribution in [2.24, 2.45) is 7.05 Å². The van der Waals surface area contributed by atoms with Gasteiger partial charge in [-0.25, -0.2) is 9.97 Å². The van der Waals surface area contributed by atoms with Crippen LogP contribution in [-0.2, 0) is 11.8 Å². The second kappa shape index (κ2) is 8.66.